The molecule has 110 valence electrons. The maximum Gasteiger partial charge on any atom is 0.416 e. The summed E-state index contributed by atoms with van der Waals surface area (Å²) in [5.74, 6) is -1.26. The Morgan fingerprint density at radius 1 is 1.29 bits per heavy atom. The quantitative estimate of drug-likeness (QED) is 0.856. The van der Waals surface area contributed by atoms with E-state index >= 15 is 0 Å². The standard InChI is InChI=1S/C13H8BrF3N2O2/c14-8-4-7(13(15,16)17)5-9(6-8)19-11-10(12(20)21)2-1-3-18-11/h1-6H,(H,18,19)(H,20,21). The zero-order valence-electron chi connectivity index (χ0n) is 10.3. The summed E-state index contributed by atoms with van der Waals surface area (Å²) >= 11 is 2.99. The third-order valence-corrected chi connectivity index (χ3v) is 2.98. The number of pyridine rings is 1. The van der Waals surface area contributed by atoms with Crippen molar-refractivity contribution in [1.29, 1.82) is 0 Å². The number of benzene rings is 1. The van der Waals surface area contributed by atoms with Gasteiger partial charge in [0, 0.05) is 16.4 Å². The van der Waals surface area contributed by atoms with E-state index in [-0.39, 0.29) is 21.5 Å². The lowest BCUT2D eigenvalue weighted by molar-refractivity contribution is -0.137. The number of hydrogen-bond acceptors (Lipinski definition) is 3. The van der Waals surface area contributed by atoms with E-state index in [1.54, 1.807) is 0 Å². The number of alkyl halides is 3. The van der Waals surface area contributed by atoms with Crippen molar-refractivity contribution in [2.45, 2.75) is 6.18 Å². The minimum absolute atomic E-state index is 0.0313. The fraction of sp³-hybridized carbons (Fsp3) is 0.0769. The average Bonchev–Trinajstić information content (AvgIpc) is 2.37. The molecular formula is C13H8BrF3N2O2. The highest BCUT2D eigenvalue weighted by Gasteiger charge is 2.31. The highest BCUT2D eigenvalue weighted by molar-refractivity contribution is 9.10. The van der Waals surface area contributed by atoms with Crippen LogP contribution in [0.1, 0.15) is 15.9 Å². The summed E-state index contributed by atoms with van der Waals surface area (Å²) in [6, 6.07) is 5.94. The van der Waals surface area contributed by atoms with E-state index in [0.29, 0.717) is 0 Å². The van der Waals surface area contributed by atoms with Gasteiger partial charge in [0.25, 0.3) is 0 Å². The maximum absolute atomic E-state index is 12.7. The lowest BCUT2D eigenvalue weighted by atomic mass is 10.2. The fourth-order valence-corrected chi connectivity index (χ4v) is 2.13. The summed E-state index contributed by atoms with van der Waals surface area (Å²) in [5.41, 5.74) is -0.906. The molecule has 2 N–H and O–H groups in total. The molecule has 0 aliphatic heterocycles. The Morgan fingerprint density at radius 2 is 2.00 bits per heavy atom. The highest BCUT2D eigenvalue weighted by atomic mass is 79.9. The molecule has 8 heteroatoms. The third-order valence-electron chi connectivity index (χ3n) is 2.53. The molecule has 0 unspecified atom stereocenters. The molecule has 0 atom stereocenters. The largest absolute Gasteiger partial charge is 0.478 e. The van der Waals surface area contributed by atoms with Crippen LogP contribution in [0.2, 0.25) is 0 Å². The third kappa shape index (κ3) is 3.72. The number of nitrogens with one attached hydrogen (secondary N) is 1. The van der Waals surface area contributed by atoms with Crippen LogP contribution in [0.4, 0.5) is 24.7 Å². The Kier molecular flexibility index (Phi) is 4.17. The van der Waals surface area contributed by atoms with Crippen LogP contribution in [0.15, 0.2) is 41.0 Å². The number of carbonyl (C=O) groups is 1. The molecule has 2 aromatic rings. The second-order valence-electron chi connectivity index (χ2n) is 4.06. The van der Waals surface area contributed by atoms with Gasteiger partial charge in [0.2, 0.25) is 0 Å². The number of aromatic nitrogens is 1. The van der Waals surface area contributed by atoms with Crippen LogP contribution >= 0.6 is 15.9 Å². The van der Waals surface area contributed by atoms with E-state index in [1.165, 1.54) is 24.4 Å². The van der Waals surface area contributed by atoms with Crippen molar-refractivity contribution >= 4 is 33.4 Å². The molecule has 1 heterocycles. The van der Waals surface area contributed by atoms with Crippen molar-refractivity contribution in [2.75, 3.05) is 5.32 Å². The molecule has 0 spiro atoms. The first-order valence-corrected chi connectivity index (χ1v) is 6.40. The van der Waals surface area contributed by atoms with Gasteiger partial charge < -0.3 is 10.4 Å². The topological polar surface area (TPSA) is 62.2 Å². The summed E-state index contributed by atoms with van der Waals surface area (Å²) < 4.78 is 38.4. The monoisotopic (exact) mass is 360 g/mol. The molecule has 21 heavy (non-hydrogen) atoms. The van der Waals surface area contributed by atoms with Crippen LogP contribution in [0.5, 0.6) is 0 Å². The van der Waals surface area contributed by atoms with Crippen LogP contribution in [0.25, 0.3) is 0 Å². The Bertz CT molecular complexity index is 689. The van der Waals surface area contributed by atoms with Crippen molar-refractivity contribution in [3.05, 3.63) is 52.1 Å². The van der Waals surface area contributed by atoms with E-state index in [0.717, 1.165) is 12.1 Å². The summed E-state index contributed by atoms with van der Waals surface area (Å²) in [5, 5.41) is 11.6. The predicted molar refractivity (Wildman–Crippen MR) is 73.6 cm³/mol. The van der Waals surface area contributed by atoms with Crippen molar-refractivity contribution in [3.63, 3.8) is 0 Å². The van der Waals surface area contributed by atoms with Gasteiger partial charge in [0.1, 0.15) is 11.4 Å². The van der Waals surface area contributed by atoms with E-state index in [9.17, 15) is 18.0 Å². The molecule has 0 radical (unpaired) electrons. The molecule has 0 amide bonds. The Labute approximate surface area is 125 Å². The normalized spacial score (nSPS) is 11.2. The van der Waals surface area contributed by atoms with Crippen LogP contribution in [-0.2, 0) is 6.18 Å². The molecule has 0 aliphatic rings. The molecule has 0 fully saturated rings. The number of carboxylic acids is 1. The number of carboxylic acid groups (broad SMARTS) is 1. The van der Waals surface area contributed by atoms with Crippen LogP contribution in [0, 0.1) is 0 Å². The van der Waals surface area contributed by atoms with Crippen molar-refractivity contribution in [3.8, 4) is 0 Å². The summed E-state index contributed by atoms with van der Waals surface area (Å²) in [4.78, 5) is 14.9. The van der Waals surface area contributed by atoms with Crippen LogP contribution in [-0.4, -0.2) is 16.1 Å². The molecule has 4 nitrogen and oxygen atoms in total. The fourth-order valence-electron chi connectivity index (χ4n) is 1.64. The van der Waals surface area contributed by atoms with Gasteiger partial charge in [-0.25, -0.2) is 9.78 Å². The maximum atomic E-state index is 12.7. The summed E-state index contributed by atoms with van der Waals surface area (Å²) in [6.07, 6.45) is -3.16. The van der Waals surface area contributed by atoms with Gasteiger partial charge in [-0.1, -0.05) is 15.9 Å². The number of nitrogens with zero attached hydrogens (tertiary/aromatic N) is 1. The summed E-state index contributed by atoms with van der Waals surface area (Å²) in [6.45, 7) is 0. The molecule has 2 rings (SSSR count). The minimum Gasteiger partial charge on any atom is -0.478 e. The Morgan fingerprint density at radius 3 is 2.62 bits per heavy atom. The second kappa shape index (κ2) is 5.72. The number of anilines is 2. The van der Waals surface area contributed by atoms with E-state index in [2.05, 4.69) is 26.2 Å². The van der Waals surface area contributed by atoms with Gasteiger partial charge in [0.05, 0.1) is 5.56 Å². The zero-order valence-corrected chi connectivity index (χ0v) is 11.9. The number of aromatic carboxylic acids is 1. The SMILES string of the molecule is O=C(O)c1cccnc1Nc1cc(Br)cc(C(F)(F)F)c1. The molecular weight excluding hydrogens is 353 g/mol. The summed E-state index contributed by atoms with van der Waals surface area (Å²) in [7, 11) is 0. The van der Waals surface area contributed by atoms with Gasteiger partial charge in [-0.05, 0) is 30.3 Å². The number of rotatable bonds is 3. The van der Waals surface area contributed by atoms with E-state index in [4.69, 9.17) is 5.11 Å². The molecule has 0 aliphatic carbocycles. The second-order valence-corrected chi connectivity index (χ2v) is 4.97. The van der Waals surface area contributed by atoms with Gasteiger partial charge in [0.15, 0.2) is 0 Å². The van der Waals surface area contributed by atoms with Gasteiger partial charge >= 0.3 is 12.1 Å². The van der Waals surface area contributed by atoms with Crippen molar-refractivity contribution in [1.82, 2.24) is 4.98 Å². The lowest BCUT2D eigenvalue weighted by Gasteiger charge is -2.12. The van der Waals surface area contributed by atoms with E-state index in [1.807, 2.05) is 0 Å². The smallest absolute Gasteiger partial charge is 0.416 e. The van der Waals surface area contributed by atoms with E-state index < -0.39 is 17.7 Å². The van der Waals surface area contributed by atoms with Crippen LogP contribution < -0.4 is 5.32 Å². The lowest BCUT2D eigenvalue weighted by Crippen LogP contribution is -2.07. The first-order valence-electron chi connectivity index (χ1n) is 5.60. The van der Waals surface area contributed by atoms with Gasteiger partial charge in [-0.15, -0.1) is 0 Å². The number of halogens is 4. The van der Waals surface area contributed by atoms with Gasteiger partial charge in [-0.2, -0.15) is 13.2 Å². The molecule has 0 bridgehead atoms. The molecule has 1 aromatic carbocycles. The highest BCUT2D eigenvalue weighted by Crippen LogP contribution is 2.34. The van der Waals surface area contributed by atoms with Crippen LogP contribution in [0.3, 0.4) is 0 Å². The predicted octanol–water partition coefficient (Wildman–Crippen LogP) is 4.30. The number of hydrogen-bond donors (Lipinski definition) is 2. The molecule has 1 aromatic heterocycles. The Balaban J connectivity index is 2.41. The Hall–Kier alpha value is -2.09. The molecule has 0 saturated heterocycles. The first-order chi connectivity index (χ1) is 9.77. The minimum atomic E-state index is -4.50. The van der Waals surface area contributed by atoms with Crippen molar-refractivity contribution < 1.29 is 23.1 Å². The van der Waals surface area contributed by atoms with Gasteiger partial charge in [-0.3, -0.25) is 0 Å². The average molecular weight is 361 g/mol. The zero-order chi connectivity index (χ0) is 15.6. The van der Waals surface area contributed by atoms with Crippen molar-refractivity contribution in [2.24, 2.45) is 0 Å². The first kappa shape index (κ1) is 15.3. The molecule has 0 saturated carbocycles.